The molecule has 0 spiro atoms. The van der Waals surface area contributed by atoms with E-state index in [4.69, 9.17) is 5.14 Å². The standard InChI is InChI=1S/C14H20FN3O4S/c1-3-4-7-17-13(19)9-18(2)14(20)11-8-10(23(16,21)22)5-6-12(11)15/h5-6,8H,3-4,7,9H2,1-2H3,(H,17,19)(H2,16,21,22). The van der Waals surface area contributed by atoms with Crippen LogP contribution in [0.1, 0.15) is 30.1 Å². The van der Waals surface area contributed by atoms with Crippen molar-refractivity contribution < 1.29 is 22.4 Å². The minimum absolute atomic E-state index is 0.262. The summed E-state index contributed by atoms with van der Waals surface area (Å²) in [6.07, 6.45) is 1.73. The van der Waals surface area contributed by atoms with Crippen LogP contribution in [0, 0.1) is 5.82 Å². The number of hydrogen-bond acceptors (Lipinski definition) is 4. The fraction of sp³-hybridized carbons (Fsp3) is 0.429. The highest BCUT2D eigenvalue weighted by atomic mass is 32.2. The minimum Gasteiger partial charge on any atom is -0.355 e. The number of primary sulfonamides is 1. The van der Waals surface area contributed by atoms with Gasteiger partial charge in [-0.1, -0.05) is 13.3 Å². The van der Waals surface area contributed by atoms with Crippen molar-refractivity contribution in [3.05, 3.63) is 29.6 Å². The quantitative estimate of drug-likeness (QED) is 0.700. The van der Waals surface area contributed by atoms with Gasteiger partial charge in [0.15, 0.2) is 0 Å². The SMILES string of the molecule is CCCCNC(=O)CN(C)C(=O)c1cc(S(N)(=O)=O)ccc1F. The molecule has 0 atom stereocenters. The average Bonchev–Trinajstić information content (AvgIpc) is 2.46. The van der Waals surface area contributed by atoms with Crippen molar-refractivity contribution >= 4 is 21.8 Å². The van der Waals surface area contributed by atoms with Crippen LogP contribution in [0.15, 0.2) is 23.1 Å². The molecule has 0 aliphatic heterocycles. The monoisotopic (exact) mass is 345 g/mol. The van der Waals surface area contributed by atoms with Crippen molar-refractivity contribution in [1.29, 1.82) is 0 Å². The molecule has 0 saturated carbocycles. The van der Waals surface area contributed by atoms with E-state index in [1.165, 1.54) is 7.05 Å². The van der Waals surface area contributed by atoms with Crippen molar-refractivity contribution in [1.82, 2.24) is 10.2 Å². The molecular weight excluding hydrogens is 325 g/mol. The van der Waals surface area contributed by atoms with E-state index in [1.807, 2.05) is 6.92 Å². The molecule has 2 amide bonds. The van der Waals surface area contributed by atoms with E-state index in [2.05, 4.69) is 5.32 Å². The number of nitrogens with one attached hydrogen (secondary N) is 1. The summed E-state index contributed by atoms with van der Waals surface area (Å²) >= 11 is 0. The summed E-state index contributed by atoms with van der Waals surface area (Å²) in [7, 11) is -2.73. The van der Waals surface area contributed by atoms with Crippen LogP contribution in [0.25, 0.3) is 0 Å². The smallest absolute Gasteiger partial charge is 0.257 e. The molecule has 23 heavy (non-hydrogen) atoms. The Balaban J connectivity index is 2.86. The van der Waals surface area contributed by atoms with Crippen LogP contribution >= 0.6 is 0 Å². The van der Waals surface area contributed by atoms with Crippen LogP contribution in [-0.2, 0) is 14.8 Å². The van der Waals surface area contributed by atoms with E-state index in [0.29, 0.717) is 6.54 Å². The van der Waals surface area contributed by atoms with Gasteiger partial charge in [-0.05, 0) is 24.6 Å². The Kier molecular flexibility index (Phi) is 6.64. The third kappa shape index (κ3) is 5.61. The van der Waals surface area contributed by atoms with Crippen LogP contribution in [0.4, 0.5) is 4.39 Å². The number of halogens is 1. The number of rotatable bonds is 7. The Labute approximate surface area is 134 Å². The Morgan fingerprint density at radius 1 is 1.35 bits per heavy atom. The molecule has 0 aromatic heterocycles. The summed E-state index contributed by atoms with van der Waals surface area (Å²) in [5, 5.41) is 7.59. The first-order chi connectivity index (χ1) is 10.7. The van der Waals surface area contributed by atoms with Gasteiger partial charge >= 0.3 is 0 Å². The van der Waals surface area contributed by atoms with Gasteiger partial charge in [0.05, 0.1) is 17.0 Å². The van der Waals surface area contributed by atoms with Gasteiger partial charge in [-0.3, -0.25) is 9.59 Å². The first-order valence-corrected chi connectivity index (χ1v) is 8.56. The highest BCUT2D eigenvalue weighted by Crippen LogP contribution is 2.15. The summed E-state index contributed by atoms with van der Waals surface area (Å²) in [6.45, 7) is 2.21. The van der Waals surface area contributed by atoms with E-state index in [0.717, 1.165) is 35.9 Å². The normalized spacial score (nSPS) is 11.1. The molecule has 0 saturated heterocycles. The van der Waals surface area contributed by atoms with Crippen LogP contribution < -0.4 is 10.5 Å². The maximum absolute atomic E-state index is 13.8. The molecule has 1 aromatic rings. The number of sulfonamides is 1. The maximum Gasteiger partial charge on any atom is 0.257 e. The number of amides is 2. The number of carbonyl (C=O) groups excluding carboxylic acids is 2. The van der Waals surface area contributed by atoms with Gasteiger partial charge in [0, 0.05) is 13.6 Å². The lowest BCUT2D eigenvalue weighted by Crippen LogP contribution is -2.39. The largest absolute Gasteiger partial charge is 0.355 e. The van der Waals surface area contributed by atoms with Crippen LogP contribution in [0.5, 0.6) is 0 Å². The van der Waals surface area contributed by atoms with Gasteiger partial charge in [-0.15, -0.1) is 0 Å². The van der Waals surface area contributed by atoms with Gasteiger partial charge in [-0.2, -0.15) is 0 Å². The van der Waals surface area contributed by atoms with E-state index in [9.17, 15) is 22.4 Å². The number of hydrogen-bond donors (Lipinski definition) is 2. The molecule has 7 nitrogen and oxygen atoms in total. The number of benzene rings is 1. The van der Waals surface area contributed by atoms with E-state index in [1.54, 1.807) is 0 Å². The van der Waals surface area contributed by atoms with E-state index < -0.39 is 27.3 Å². The Morgan fingerprint density at radius 3 is 2.57 bits per heavy atom. The highest BCUT2D eigenvalue weighted by Gasteiger charge is 2.21. The molecule has 0 aliphatic rings. The molecule has 1 aromatic carbocycles. The van der Waals surface area contributed by atoms with Crippen molar-refractivity contribution in [2.24, 2.45) is 5.14 Å². The number of likely N-dealkylation sites (N-methyl/N-ethyl adjacent to an activating group) is 1. The third-order valence-corrected chi connectivity index (χ3v) is 3.99. The molecule has 3 N–H and O–H groups in total. The second-order valence-corrected chi connectivity index (χ2v) is 6.61. The van der Waals surface area contributed by atoms with Crippen molar-refractivity contribution in [3.63, 3.8) is 0 Å². The van der Waals surface area contributed by atoms with E-state index >= 15 is 0 Å². The first-order valence-electron chi connectivity index (χ1n) is 7.01. The summed E-state index contributed by atoms with van der Waals surface area (Å²) in [6, 6.07) is 2.68. The molecule has 0 bridgehead atoms. The highest BCUT2D eigenvalue weighted by molar-refractivity contribution is 7.89. The average molecular weight is 345 g/mol. The predicted octanol–water partition coefficient (Wildman–Crippen LogP) is 0.461. The molecular formula is C14H20FN3O4S. The summed E-state index contributed by atoms with van der Waals surface area (Å²) < 4.78 is 36.3. The van der Waals surface area contributed by atoms with Crippen molar-refractivity contribution in [3.8, 4) is 0 Å². The topological polar surface area (TPSA) is 110 Å². The lowest BCUT2D eigenvalue weighted by molar-refractivity contribution is -0.121. The van der Waals surface area contributed by atoms with Gasteiger partial charge in [0.1, 0.15) is 5.82 Å². The molecule has 0 radical (unpaired) electrons. The first kappa shape index (κ1) is 19.0. The van der Waals surface area contributed by atoms with Crippen LogP contribution in [0.3, 0.4) is 0 Å². The summed E-state index contributed by atoms with van der Waals surface area (Å²) in [5.41, 5.74) is -0.458. The molecule has 0 fully saturated rings. The minimum atomic E-state index is -4.06. The van der Waals surface area contributed by atoms with Gasteiger partial charge in [0.2, 0.25) is 15.9 Å². The molecule has 0 unspecified atom stereocenters. The second-order valence-electron chi connectivity index (χ2n) is 5.05. The molecule has 0 aliphatic carbocycles. The van der Waals surface area contributed by atoms with Gasteiger partial charge in [-0.25, -0.2) is 17.9 Å². The molecule has 128 valence electrons. The summed E-state index contributed by atoms with van der Waals surface area (Å²) in [4.78, 5) is 24.5. The maximum atomic E-state index is 13.8. The van der Waals surface area contributed by atoms with Crippen molar-refractivity contribution in [2.45, 2.75) is 24.7 Å². The van der Waals surface area contributed by atoms with Crippen LogP contribution in [-0.4, -0.2) is 45.3 Å². The molecule has 1 rings (SSSR count). The summed E-state index contributed by atoms with van der Waals surface area (Å²) in [5.74, 6) is -2.07. The lowest BCUT2D eigenvalue weighted by atomic mass is 10.2. The van der Waals surface area contributed by atoms with Gasteiger partial charge in [0.25, 0.3) is 5.91 Å². The zero-order chi connectivity index (χ0) is 17.6. The fourth-order valence-electron chi connectivity index (χ4n) is 1.80. The van der Waals surface area contributed by atoms with Crippen LogP contribution in [0.2, 0.25) is 0 Å². The Morgan fingerprint density at radius 2 is 2.00 bits per heavy atom. The molecule has 9 heteroatoms. The van der Waals surface area contributed by atoms with Crippen molar-refractivity contribution in [2.75, 3.05) is 20.1 Å². The zero-order valence-corrected chi connectivity index (χ0v) is 13.8. The number of nitrogens with two attached hydrogens (primary N) is 1. The Hall–Kier alpha value is -2.00. The number of unbranched alkanes of at least 4 members (excludes halogenated alkanes) is 1. The van der Waals surface area contributed by atoms with Gasteiger partial charge < -0.3 is 10.2 Å². The predicted molar refractivity (Wildman–Crippen MR) is 82.7 cm³/mol. The fourth-order valence-corrected chi connectivity index (χ4v) is 2.34. The Bertz CT molecular complexity index is 691. The lowest BCUT2D eigenvalue weighted by Gasteiger charge is -2.17. The number of carbonyl (C=O) groups is 2. The number of nitrogens with zero attached hydrogens (tertiary/aromatic N) is 1. The third-order valence-electron chi connectivity index (χ3n) is 3.08. The zero-order valence-electron chi connectivity index (χ0n) is 13.0. The van der Waals surface area contributed by atoms with E-state index in [-0.39, 0.29) is 17.3 Å². The second kappa shape index (κ2) is 8.02. The molecule has 0 heterocycles.